The van der Waals surface area contributed by atoms with Crippen LogP contribution in [0.25, 0.3) is 0 Å². The molecule has 0 aromatic heterocycles. The second-order valence-electron chi connectivity index (χ2n) is 18.7. The smallest absolute Gasteiger partial charge is 0.311 e. The lowest BCUT2D eigenvalue weighted by molar-refractivity contribution is -0.318. The second kappa shape index (κ2) is 16.4. The van der Waals surface area contributed by atoms with Crippen LogP contribution in [0.15, 0.2) is 0 Å². The van der Waals surface area contributed by atoms with Crippen LogP contribution in [-0.4, -0.2) is 149 Å². The first-order chi connectivity index (χ1) is 25.5. The van der Waals surface area contributed by atoms with Crippen molar-refractivity contribution in [3.63, 3.8) is 0 Å². The second-order valence-corrected chi connectivity index (χ2v) is 18.7. The largest absolute Gasteiger partial charge is 0.459 e. The number of ether oxygens (including phenoxy) is 7. The number of hydrogen-bond acceptors (Lipinski definition) is 14. The Morgan fingerprint density at radius 1 is 0.964 bits per heavy atom. The van der Waals surface area contributed by atoms with Crippen molar-refractivity contribution in [3.8, 4) is 0 Å². The Labute approximate surface area is 327 Å². The summed E-state index contributed by atoms with van der Waals surface area (Å²) in [5, 5.41) is 47.2. The predicted octanol–water partition coefficient (Wildman–Crippen LogP) is 2.97. The molecule has 1 saturated carbocycles. The highest BCUT2D eigenvalue weighted by Gasteiger charge is 2.68. The highest BCUT2D eigenvalue weighted by molar-refractivity contribution is 5.96. The van der Waals surface area contributed by atoms with Crippen LogP contribution in [0.2, 0.25) is 0 Å². The van der Waals surface area contributed by atoms with Gasteiger partial charge in [0.1, 0.15) is 18.3 Å². The van der Waals surface area contributed by atoms with Crippen LogP contribution in [0.5, 0.6) is 0 Å². The van der Waals surface area contributed by atoms with E-state index in [1.54, 1.807) is 41.5 Å². The van der Waals surface area contributed by atoms with Gasteiger partial charge in [-0.3, -0.25) is 9.59 Å². The molecule has 14 nitrogen and oxygen atoms in total. The van der Waals surface area contributed by atoms with E-state index in [1.165, 1.54) is 7.11 Å². The number of aliphatic hydroxyl groups excluding tert-OH is 3. The summed E-state index contributed by atoms with van der Waals surface area (Å²) in [6.07, 6.45) is -7.46. The number of carbonyl (C=O) groups is 2. The van der Waals surface area contributed by atoms with E-state index in [9.17, 15) is 30.0 Å². The van der Waals surface area contributed by atoms with Gasteiger partial charge in [0, 0.05) is 25.5 Å². The molecule has 0 spiro atoms. The number of carbonyl (C=O) groups excluding carboxylic acids is 2. The van der Waals surface area contributed by atoms with E-state index >= 15 is 0 Å². The number of fused-ring (bicyclic) bond motifs is 2. The number of hydrogen-bond donors (Lipinski definition) is 4. The number of nitrogens with zero attached hydrogens (tertiary/aromatic N) is 1. The lowest BCUT2D eigenvalue weighted by Gasteiger charge is -2.49. The van der Waals surface area contributed by atoms with E-state index in [4.69, 9.17) is 33.2 Å². The van der Waals surface area contributed by atoms with Crippen LogP contribution < -0.4 is 0 Å². The van der Waals surface area contributed by atoms with E-state index in [0.29, 0.717) is 6.42 Å². The van der Waals surface area contributed by atoms with Crippen LogP contribution in [0.1, 0.15) is 108 Å². The summed E-state index contributed by atoms with van der Waals surface area (Å²) in [7, 11) is 5.27. The SMILES string of the molecule is CC[C@H]1OC(=O)[C@H](C)[C@@H](O[C@H]2C[C@@](C)(OC)[C@@H](O)[C@H](C)O2)[C@H](C)[C@@H](O[C@@H]2O[C@H](C)C[C@H](N(C)C)[C@H]2O)[C@](C)(O)C[C@@H](C)C2O[C@@]1(C)C(=O)C2(C)C(O)C1CC1. The number of ketones is 1. The summed E-state index contributed by atoms with van der Waals surface area (Å²) in [5.41, 5.74) is -5.65. The molecular formula is C41H71NO13. The van der Waals surface area contributed by atoms with Crippen molar-refractivity contribution in [3.05, 3.63) is 0 Å². The van der Waals surface area contributed by atoms with Gasteiger partial charge in [-0.2, -0.15) is 0 Å². The molecule has 4 saturated heterocycles. The van der Waals surface area contributed by atoms with Crippen molar-refractivity contribution in [2.75, 3.05) is 21.2 Å². The quantitative estimate of drug-likeness (QED) is 0.251. The van der Waals surface area contributed by atoms with Gasteiger partial charge in [0.2, 0.25) is 0 Å². The number of methoxy groups -OCH3 is 1. The lowest BCUT2D eigenvalue weighted by atomic mass is 9.66. The van der Waals surface area contributed by atoms with Crippen molar-refractivity contribution in [2.45, 2.75) is 198 Å². The fourth-order valence-corrected chi connectivity index (χ4v) is 10.4. The van der Waals surface area contributed by atoms with Crippen LogP contribution in [0, 0.1) is 29.1 Å². The topological polar surface area (TPSA) is 183 Å². The molecule has 5 rings (SSSR count). The number of likely N-dealkylation sites (N-methyl/N-ethyl adjacent to an activating group) is 1. The molecule has 0 amide bonds. The van der Waals surface area contributed by atoms with Crippen molar-refractivity contribution in [1.29, 1.82) is 0 Å². The molecule has 0 aromatic carbocycles. The van der Waals surface area contributed by atoms with Gasteiger partial charge in [0.25, 0.3) is 0 Å². The zero-order valence-corrected chi connectivity index (χ0v) is 35.4. The van der Waals surface area contributed by atoms with Crippen LogP contribution >= 0.6 is 0 Å². The maximum atomic E-state index is 14.8. The molecule has 2 bridgehead atoms. The van der Waals surface area contributed by atoms with E-state index < -0.39 is 107 Å². The molecular weight excluding hydrogens is 714 g/mol. The molecule has 5 fully saturated rings. The predicted molar refractivity (Wildman–Crippen MR) is 201 cm³/mol. The monoisotopic (exact) mass is 785 g/mol. The van der Waals surface area contributed by atoms with Gasteiger partial charge in [-0.1, -0.05) is 20.8 Å². The highest BCUT2D eigenvalue weighted by Crippen LogP contribution is 2.55. The number of rotatable bonds is 9. The molecule has 55 heavy (non-hydrogen) atoms. The molecule has 0 radical (unpaired) electrons. The van der Waals surface area contributed by atoms with E-state index in [0.717, 1.165) is 12.8 Å². The standard InChI is InChI=1S/C41H71NO13/c1-14-27-41(10)37(47)40(9,32(45)25-15-16-25)33(55-41)20(2)18-38(7,48)34(54-36-29(43)26(42(11)12)17-21(3)50-36)22(4)30(23(5)35(46)52-27)53-28-19-39(8,49-13)31(44)24(6)51-28/h20-34,36,43-45,48H,14-19H2,1-13H3/t20-,21-,22+,23-,24+,26+,27-,28+,29-,30+,31+,32?,33?,34-,36+,38-,39-,40?,41-/m1/s1. The van der Waals surface area contributed by atoms with Crippen LogP contribution in [-0.2, 0) is 42.7 Å². The van der Waals surface area contributed by atoms with Gasteiger partial charge in [0.15, 0.2) is 24.0 Å². The zero-order chi connectivity index (χ0) is 41.2. The molecule has 4 aliphatic heterocycles. The first kappa shape index (κ1) is 44.8. The first-order valence-corrected chi connectivity index (χ1v) is 20.5. The minimum Gasteiger partial charge on any atom is -0.459 e. The number of aliphatic hydroxyl groups is 4. The van der Waals surface area contributed by atoms with Gasteiger partial charge in [-0.05, 0) is 107 Å². The minimum atomic E-state index is -1.70. The Balaban J connectivity index is 1.62. The van der Waals surface area contributed by atoms with Gasteiger partial charge in [-0.25, -0.2) is 0 Å². The van der Waals surface area contributed by atoms with E-state index in [2.05, 4.69) is 0 Å². The highest BCUT2D eigenvalue weighted by atomic mass is 16.7. The Morgan fingerprint density at radius 2 is 1.60 bits per heavy atom. The normalized spacial score (nSPS) is 50.9. The number of cyclic esters (lactones) is 1. The third kappa shape index (κ3) is 8.31. The average molecular weight is 786 g/mol. The summed E-state index contributed by atoms with van der Waals surface area (Å²) in [5.74, 6) is -3.34. The molecule has 1 aliphatic carbocycles. The number of Topliss-reactive ketones (excluding diaryl/α,β-unsaturated/α-hetero) is 1. The Morgan fingerprint density at radius 3 is 2.16 bits per heavy atom. The summed E-state index contributed by atoms with van der Waals surface area (Å²) in [6, 6.07) is -0.301. The van der Waals surface area contributed by atoms with Crippen LogP contribution in [0.3, 0.4) is 0 Å². The minimum absolute atomic E-state index is 0.0517. The Hall–Kier alpha value is -1.30. The fraction of sp³-hybridized carbons (Fsp3) is 0.951. The third-order valence-electron chi connectivity index (χ3n) is 13.9. The van der Waals surface area contributed by atoms with E-state index in [1.807, 2.05) is 46.7 Å². The molecule has 318 valence electrons. The molecule has 5 aliphatic rings. The molecule has 3 unspecified atom stereocenters. The lowest BCUT2D eigenvalue weighted by Crippen LogP contribution is -2.61. The van der Waals surface area contributed by atoms with E-state index in [-0.39, 0.29) is 43.1 Å². The Bertz CT molecular complexity index is 1360. The molecule has 4 heterocycles. The molecule has 19 atom stereocenters. The summed E-state index contributed by atoms with van der Waals surface area (Å²) in [6.45, 7) is 17.6. The van der Waals surface area contributed by atoms with Gasteiger partial charge in [0.05, 0.1) is 59.2 Å². The van der Waals surface area contributed by atoms with Crippen molar-refractivity contribution in [2.24, 2.45) is 29.1 Å². The van der Waals surface area contributed by atoms with Gasteiger partial charge < -0.3 is 58.5 Å². The summed E-state index contributed by atoms with van der Waals surface area (Å²) >= 11 is 0. The zero-order valence-electron chi connectivity index (χ0n) is 35.4. The maximum Gasteiger partial charge on any atom is 0.311 e. The van der Waals surface area contributed by atoms with Crippen LogP contribution in [0.4, 0.5) is 0 Å². The average Bonchev–Trinajstić information content (AvgIpc) is 3.94. The number of esters is 1. The van der Waals surface area contributed by atoms with Crippen molar-refractivity contribution < 1.29 is 63.2 Å². The van der Waals surface area contributed by atoms with Gasteiger partial charge in [-0.15, -0.1) is 0 Å². The van der Waals surface area contributed by atoms with Crippen molar-refractivity contribution in [1.82, 2.24) is 4.90 Å². The first-order valence-electron chi connectivity index (χ1n) is 20.5. The van der Waals surface area contributed by atoms with Crippen molar-refractivity contribution >= 4 is 11.8 Å². The third-order valence-corrected chi connectivity index (χ3v) is 13.9. The molecule has 0 aromatic rings. The van der Waals surface area contributed by atoms with Gasteiger partial charge >= 0.3 is 5.97 Å². The molecule has 4 N–H and O–H groups in total. The summed E-state index contributed by atoms with van der Waals surface area (Å²) < 4.78 is 44.7. The molecule has 14 heteroatoms. The maximum absolute atomic E-state index is 14.8. The fourth-order valence-electron chi connectivity index (χ4n) is 10.4. The summed E-state index contributed by atoms with van der Waals surface area (Å²) in [4.78, 5) is 31.1. The Kier molecular flexibility index (Phi) is 13.4.